The average molecular weight is 362 g/mol. The first-order valence-electron chi connectivity index (χ1n) is 8.02. The van der Waals surface area contributed by atoms with Crippen molar-refractivity contribution in [2.24, 2.45) is 5.73 Å². The maximum atomic E-state index is 14.1. The molecule has 1 saturated heterocycles. The number of carbonyl (C=O) groups excluding carboxylic acids is 2. The summed E-state index contributed by atoms with van der Waals surface area (Å²) in [5, 5.41) is 12.9. The number of primary amides is 1. The lowest BCUT2D eigenvalue weighted by atomic mass is 10.0. The number of methoxy groups -OCH3 is 1. The number of amides is 2. The summed E-state index contributed by atoms with van der Waals surface area (Å²) in [6.07, 6.45) is -0.164. The van der Waals surface area contributed by atoms with Crippen LogP contribution in [0, 0.1) is 0 Å². The first-order valence-corrected chi connectivity index (χ1v) is 8.02. The SMILES string of the molecule is COc1cc2c(OC[C@@H]3C[C@@](F)(CO)C(=O)N3)cccc2cc1C(N)=O. The topological polar surface area (TPSA) is 111 Å². The van der Waals surface area contributed by atoms with Crippen molar-refractivity contribution < 1.29 is 28.6 Å². The number of nitrogens with two attached hydrogens (primary N) is 1. The van der Waals surface area contributed by atoms with Gasteiger partial charge in [-0.3, -0.25) is 9.59 Å². The van der Waals surface area contributed by atoms with E-state index in [9.17, 15) is 14.0 Å². The molecule has 2 amide bonds. The molecule has 26 heavy (non-hydrogen) atoms. The van der Waals surface area contributed by atoms with Gasteiger partial charge in [0, 0.05) is 11.8 Å². The monoisotopic (exact) mass is 362 g/mol. The van der Waals surface area contributed by atoms with Crippen LogP contribution in [0.3, 0.4) is 0 Å². The predicted octanol–water partition coefficient (Wildman–Crippen LogP) is 0.915. The third kappa shape index (κ3) is 3.15. The molecule has 2 aromatic rings. The van der Waals surface area contributed by atoms with Crippen LogP contribution in [-0.4, -0.2) is 49.0 Å². The van der Waals surface area contributed by atoms with Gasteiger partial charge in [0.05, 0.1) is 25.3 Å². The standard InChI is InChI=1S/C18H19FN2O5/c1-25-15-6-12-10(5-13(15)16(20)23)3-2-4-14(12)26-8-11-7-18(19,9-22)17(24)21-11/h2-6,11,22H,7-9H2,1H3,(H2,20,23)(H,21,24)/t11-,18+/m0/s1. The molecule has 0 bridgehead atoms. The highest BCUT2D eigenvalue weighted by atomic mass is 19.1. The Balaban J connectivity index is 1.85. The third-order valence-corrected chi connectivity index (χ3v) is 4.43. The molecule has 0 radical (unpaired) electrons. The van der Waals surface area contributed by atoms with E-state index in [0.717, 1.165) is 5.39 Å². The number of hydrogen-bond acceptors (Lipinski definition) is 5. The molecular formula is C18H19FN2O5. The summed E-state index contributed by atoms with van der Waals surface area (Å²) in [6, 6.07) is 7.96. The number of benzene rings is 2. The van der Waals surface area contributed by atoms with Crippen LogP contribution in [0.2, 0.25) is 0 Å². The van der Waals surface area contributed by atoms with Gasteiger partial charge in [-0.1, -0.05) is 12.1 Å². The molecule has 0 aromatic heterocycles. The summed E-state index contributed by atoms with van der Waals surface area (Å²) in [5.41, 5.74) is 3.35. The normalized spacial score (nSPS) is 22.3. The van der Waals surface area contributed by atoms with Gasteiger partial charge in [-0.2, -0.15) is 0 Å². The molecule has 0 spiro atoms. The molecule has 0 unspecified atom stereocenters. The van der Waals surface area contributed by atoms with Crippen LogP contribution in [0.15, 0.2) is 30.3 Å². The van der Waals surface area contributed by atoms with Crippen LogP contribution in [-0.2, 0) is 4.79 Å². The number of aliphatic hydroxyl groups is 1. The summed E-state index contributed by atoms with van der Waals surface area (Å²) >= 11 is 0. The highest BCUT2D eigenvalue weighted by molar-refractivity contribution is 6.02. The quantitative estimate of drug-likeness (QED) is 0.708. The fourth-order valence-electron chi connectivity index (χ4n) is 3.04. The van der Waals surface area contributed by atoms with Crippen molar-refractivity contribution in [3.05, 3.63) is 35.9 Å². The molecule has 1 fully saturated rings. The van der Waals surface area contributed by atoms with Crippen molar-refractivity contribution in [3.8, 4) is 11.5 Å². The number of alkyl halides is 1. The minimum Gasteiger partial charge on any atom is -0.496 e. The van der Waals surface area contributed by atoms with Crippen molar-refractivity contribution in [2.45, 2.75) is 18.1 Å². The van der Waals surface area contributed by atoms with E-state index in [1.54, 1.807) is 30.3 Å². The molecule has 1 heterocycles. The van der Waals surface area contributed by atoms with E-state index >= 15 is 0 Å². The largest absolute Gasteiger partial charge is 0.496 e. The summed E-state index contributed by atoms with van der Waals surface area (Å²) < 4.78 is 25.1. The number of halogens is 1. The molecule has 2 atom stereocenters. The second kappa shape index (κ2) is 6.80. The van der Waals surface area contributed by atoms with Crippen LogP contribution in [0.5, 0.6) is 11.5 Å². The van der Waals surface area contributed by atoms with Gasteiger partial charge in [0.25, 0.3) is 11.8 Å². The summed E-state index contributed by atoms with van der Waals surface area (Å²) in [7, 11) is 1.43. The molecule has 1 aliphatic heterocycles. The van der Waals surface area contributed by atoms with Crippen molar-refractivity contribution >= 4 is 22.6 Å². The first kappa shape index (κ1) is 17.9. The van der Waals surface area contributed by atoms with Gasteiger partial charge in [0.1, 0.15) is 18.1 Å². The van der Waals surface area contributed by atoms with E-state index in [2.05, 4.69) is 5.32 Å². The predicted molar refractivity (Wildman–Crippen MR) is 92.0 cm³/mol. The van der Waals surface area contributed by atoms with Gasteiger partial charge < -0.3 is 25.6 Å². The third-order valence-electron chi connectivity index (χ3n) is 4.43. The molecule has 1 aliphatic rings. The Morgan fingerprint density at radius 2 is 2.19 bits per heavy atom. The van der Waals surface area contributed by atoms with Crippen molar-refractivity contribution in [1.29, 1.82) is 0 Å². The smallest absolute Gasteiger partial charge is 0.260 e. The molecule has 0 aliphatic carbocycles. The highest BCUT2D eigenvalue weighted by Crippen LogP contribution is 2.33. The van der Waals surface area contributed by atoms with Gasteiger partial charge in [-0.25, -0.2) is 4.39 Å². The van der Waals surface area contributed by atoms with Crippen molar-refractivity contribution in [1.82, 2.24) is 5.32 Å². The molecule has 4 N–H and O–H groups in total. The zero-order chi connectivity index (χ0) is 18.9. The number of ether oxygens (including phenoxy) is 2. The molecule has 3 rings (SSSR count). The van der Waals surface area contributed by atoms with Crippen LogP contribution < -0.4 is 20.5 Å². The Labute approximate surface area is 148 Å². The van der Waals surface area contributed by atoms with Crippen LogP contribution in [0.25, 0.3) is 10.8 Å². The first-order chi connectivity index (χ1) is 12.4. The molecule has 8 heteroatoms. The van der Waals surface area contributed by atoms with Crippen molar-refractivity contribution in [2.75, 3.05) is 20.3 Å². The minimum atomic E-state index is -2.27. The second-order valence-electron chi connectivity index (χ2n) is 6.20. The Morgan fingerprint density at radius 3 is 2.81 bits per heavy atom. The van der Waals surface area contributed by atoms with Gasteiger partial charge in [-0.15, -0.1) is 0 Å². The number of hydrogen-bond donors (Lipinski definition) is 3. The molecule has 2 aromatic carbocycles. The average Bonchev–Trinajstić information content (AvgIpc) is 2.93. The Morgan fingerprint density at radius 1 is 1.42 bits per heavy atom. The Hall–Kier alpha value is -2.87. The number of aliphatic hydroxyl groups excluding tert-OH is 1. The van der Waals surface area contributed by atoms with Crippen molar-refractivity contribution in [3.63, 3.8) is 0 Å². The molecule has 7 nitrogen and oxygen atoms in total. The minimum absolute atomic E-state index is 0.0381. The van der Waals surface area contributed by atoms with E-state index in [-0.39, 0.29) is 18.6 Å². The summed E-state index contributed by atoms with van der Waals surface area (Å²) in [4.78, 5) is 23.1. The lowest BCUT2D eigenvalue weighted by Crippen LogP contribution is -2.37. The van der Waals surface area contributed by atoms with Crippen LogP contribution in [0.1, 0.15) is 16.8 Å². The van der Waals surface area contributed by atoms with E-state index in [1.165, 1.54) is 7.11 Å². The fraction of sp³-hybridized carbons (Fsp3) is 0.333. The van der Waals surface area contributed by atoms with Crippen LogP contribution >= 0.6 is 0 Å². The Bertz CT molecular complexity index is 872. The second-order valence-corrected chi connectivity index (χ2v) is 6.20. The summed E-state index contributed by atoms with van der Waals surface area (Å²) in [6.45, 7) is -0.826. The van der Waals surface area contributed by atoms with E-state index in [1.807, 2.05) is 0 Å². The number of rotatable bonds is 6. The van der Waals surface area contributed by atoms with E-state index in [0.29, 0.717) is 16.9 Å². The van der Waals surface area contributed by atoms with Gasteiger partial charge >= 0.3 is 0 Å². The Kier molecular flexibility index (Phi) is 4.69. The lowest BCUT2D eigenvalue weighted by Gasteiger charge is -2.15. The van der Waals surface area contributed by atoms with Gasteiger partial charge in [0.15, 0.2) is 0 Å². The number of fused-ring (bicyclic) bond motifs is 1. The van der Waals surface area contributed by atoms with Gasteiger partial charge in [0.2, 0.25) is 5.67 Å². The molecule has 0 saturated carbocycles. The summed E-state index contributed by atoms with van der Waals surface area (Å²) in [5.74, 6) is -0.629. The molecule has 138 valence electrons. The molecular weight excluding hydrogens is 343 g/mol. The van der Waals surface area contributed by atoms with Gasteiger partial charge in [-0.05, 0) is 23.6 Å². The van der Waals surface area contributed by atoms with Crippen LogP contribution in [0.4, 0.5) is 4.39 Å². The lowest BCUT2D eigenvalue weighted by molar-refractivity contribution is -0.131. The maximum absolute atomic E-state index is 14.1. The van der Waals surface area contributed by atoms with E-state index < -0.39 is 30.1 Å². The van der Waals surface area contributed by atoms with E-state index in [4.69, 9.17) is 20.3 Å². The fourth-order valence-corrected chi connectivity index (χ4v) is 3.04. The zero-order valence-corrected chi connectivity index (χ0v) is 14.1. The highest BCUT2D eigenvalue weighted by Gasteiger charge is 2.47. The maximum Gasteiger partial charge on any atom is 0.260 e. The number of nitrogens with one attached hydrogen (secondary N) is 1. The number of carbonyl (C=O) groups is 2. The zero-order valence-electron chi connectivity index (χ0n) is 14.1.